The van der Waals surface area contributed by atoms with Gasteiger partial charge in [0.25, 0.3) is 0 Å². The fourth-order valence-electron chi connectivity index (χ4n) is 0.633. The molecule has 2 radical (unpaired) electrons. The molecule has 0 saturated heterocycles. The van der Waals surface area contributed by atoms with Gasteiger partial charge in [0.1, 0.15) is 0 Å². The summed E-state index contributed by atoms with van der Waals surface area (Å²) in [7, 11) is 1.01. The summed E-state index contributed by atoms with van der Waals surface area (Å²) in [5.41, 5.74) is 0. The van der Waals surface area contributed by atoms with E-state index in [0.717, 1.165) is 9.52 Å². The maximum absolute atomic E-state index is 2.22. The Labute approximate surface area is 65.1 Å². The first-order valence-corrected chi connectivity index (χ1v) is 3.97. The summed E-state index contributed by atoms with van der Waals surface area (Å²) in [6, 6.07) is 0. The zero-order valence-electron chi connectivity index (χ0n) is 5.44. The van der Waals surface area contributed by atoms with Crippen LogP contribution in [0.2, 0.25) is 6.55 Å². The zero-order chi connectivity index (χ0) is 5.11. The third-order valence-electron chi connectivity index (χ3n) is 1.09. The van der Waals surface area contributed by atoms with Gasteiger partial charge in [-0.3, -0.25) is 0 Å². The van der Waals surface area contributed by atoms with Crippen LogP contribution in [0.5, 0.6) is 0 Å². The molecule has 0 atom stereocenters. The summed E-state index contributed by atoms with van der Waals surface area (Å²) in [4.78, 5) is 0. The maximum Gasteiger partial charge on any atom is 1.00 e. The number of allylic oxidation sites excluding steroid dienone is 4. The Morgan fingerprint density at radius 2 is 2.38 bits per heavy atom. The monoisotopic (exact) mass is 115 g/mol. The quantitative estimate of drug-likeness (QED) is 0.368. The molecule has 0 aromatic heterocycles. The zero-order valence-corrected chi connectivity index (χ0v) is 6.44. The SMILES string of the molecule is C[Si]C1=CC=CC1.[Li+]. The van der Waals surface area contributed by atoms with E-state index in [9.17, 15) is 0 Å². The predicted molar refractivity (Wildman–Crippen MR) is 33.5 cm³/mol. The Morgan fingerprint density at radius 1 is 1.62 bits per heavy atom. The van der Waals surface area contributed by atoms with Crippen molar-refractivity contribution in [1.82, 2.24) is 0 Å². The summed E-state index contributed by atoms with van der Waals surface area (Å²) >= 11 is 0. The molecule has 0 aliphatic heterocycles. The van der Waals surface area contributed by atoms with Gasteiger partial charge in [-0.25, -0.2) is 0 Å². The van der Waals surface area contributed by atoms with Gasteiger partial charge >= 0.3 is 18.9 Å². The average molecular weight is 115 g/mol. The van der Waals surface area contributed by atoms with E-state index in [2.05, 4.69) is 24.8 Å². The second kappa shape index (κ2) is 4.20. The molecule has 36 valence electrons. The Bertz CT molecular complexity index is 116. The maximum atomic E-state index is 2.22. The molecule has 0 fully saturated rings. The van der Waals surface area contributed by atoms with Crippen molar-refractivity contribution in [3.05, 3.63) is 23.4 Å². The Hall–Kier alpha value is 0.294. The van der Waals surface area contributed by atoms with E-state index < -0.39 is 0 Å². The summed E-state index contributed by atoms with van der Waals surface area (Å²) < 4.78 is 0. The molecule has 0 heterocycles. The van der Waals surface area contributed by atoms with Crippen LogP contribution in [0.1, 0.15) is 6.42 Å². The van der Waals surface area contributed by atoms with Gasteiger partial charge in [-0.15, -0.1) is 0 Å². The molecule has 0 nitrogen and oxygen atoms in total. The molecular formula is C6H8LiSi+. The molecule has 8 heavy (non-hydrogen) atoms. The van der Waals surface area contributed by atoms with Gasteiger partial charge in [-0.05, 0) is 6.42 Å². The Balaban J connectivity index is 0.000000490. The molecule has 0 aromatic carbocycles. The van der Waals surface area contributed by atoms with E-state index >= 15 is 0 Å². The topological polar surface area (TPSA) is 0 Å². The summed E-state index contributed by atoms with van der Waals surface area (Å²) in [5, 5.41) is 1.58. The number of rotatable bonds is 1. The van der Waals surface area contributed by atoms with E-state index in [1.807, 2.05) is 0 Å². The van der Waals surface area contributed by atoms with Crippen LogP contribution in [-0.4, -0.2) is 9.52 Å². The van der Waals surface area contributed by atoms with Crippen LogP contribution in [0.4, 0.5) is 0 Å². The fraction of sp³-hybridized carbons (Fsp3) is 0.333. The molecular weight excluding hydrogens is 107 g/mol. The molecule has 0 saturated carbocycles. The van der Waals surface area contributed by atoms with Crippen LogP contribution < -0.4 is 18.9 Å². The molecule has 0 amide bonds. The first kappa shape index (κ1) is 8.29. The van der Waals surface area contributed by atoms with E-state index in [-0.39, 0.29) is 18.9 Å². The van der Waals surface area contributed by atoms with Gasteiger partial charge in [0.05, 0.1) is 9.52 Å². The van der Waals surface area contributed by atoms with Crippen LogP contribution in [0.25, 0.3) is 0 Å². The van der Waals surface area contributed by atoms with E-state index in [4.69, 9.17) is 0 Å². The second-order valence-corrected chi connectivity index (χ2v) is 2.72. The summed E-state index contributed by atoms with van der Waals surface area (Å²) in [5.74, 6) is 0. The van der Waals surface area contributed by atoms with Crippen molar-refractivity contribution < 1.29 is 18.9 Å². The van der Waals surface area contributed by atoms with Crippen molar-refractivity contribution in [3.8, 4) is 0 Å². The fourth-order valence-corrected chi connectivity index (χ4v) is 1.22. The van der Waals surface area contributed by atoms with Crippen molar-refractivity contribution in [3.63, 3.8) is 0 Å². The predicted octanol–water partition coefficient (Wildman–Crippen LogP) is -1.41. The third kappa shape index (κ3) is 2.04. The van der Waals surface area contributed by atoms with Crippen LogP contribution >= 0.6 is 0 Å². The van der Waals surface area contributed by atoms with Gasteiger partial charge in [0.2, 0.25) is 0 Å². The van der Waals surface area contributed by atoms with Gasteiger partial charge < -0.3 is 0 Å². The first-order chi connectivity index (χ1) is 3.43. The molecule has 0 bridgehead atoms. The molecule has 1 aliphatic rings. The second-order valence-electron chi connectivity index (χ2n) is 1.57. The molecule has 0 N–H and O–H groups in total. The molecule has 0 aromatic rings. The third-order valence-corrected chi connectivity index (χ3v) is 2.11. The van der Waals surface area contributed by atoms with Crippen LogP contribution in [0.3, 0.4) is 0 Å². The summed E-state index contributed by atoms with van der Waals surface area (Å²) in [6.45, 7) is 2.22. The van der Waals surface area contributed by atoms with Crippen molar-refractivity contribution in [2.45, 2.75) is 13.0 Å². The minimum absolute atomic E-state index is 0. The minimum Gasteiger partial charge on any atom is -0.0819 e. The number of hydrogen-bond donors (Lipinski definition) is 0. The Morgan fingerprint density at radius 3 is 2.62 bits per heavy atom. The van der Waals surface area contributed by atoms with Gasteiger partial charge in [0, 0.05) is 0 Å². The smallest absolute Gasteiger partial charge is 0.0819 e. The molecule has 0 unspecified atom stereocenters. The van der Waals surface area contributed by atoms with Gasteiger partial charge in [0.15, 0.2) is 0 Å². The van der Waals surface area contributed by atoms with Crippen molar-refractivity contribution in [1.29, 1.82) is 0 Å². The van der Waals surface area contributed by atoms with Crippen LogP contribution in [0.15, 0.2) is 23.4 Å². The van der Waals surface area contributed by atoms with Crippen LogP contribution in [-0.2, 0) is 0 Å². The van der Waals surface area contributed by atoms with E-state index in [0.29, 0.717) is 0 Å². The molecule has 1 rings (SSSR count). The van der Waals surface area contributed by atoms with Gasteiger partial charge in [-0.2, -0.15) is 0 Å². The first-order valence-electron chi connectivity index (χ1n) is 2.47. The van der Waals surface area contributed by atoms with E-state index in [1.54, 1.807) is 5.20 Å². The standard InChI is InChI=1S/C6H8Si.Li/c1-7-6-4-2-3-5-6;/h2-4H,5H2,1H3;/q;+1. The van der Waals surface area contributed by atoms with Crippen molar-refractivity contribution in [2.75, 3.05) is 0 Å². The summed E-state index contributed by atoms with van der Waals surface area (Å²) in [6.07, 6.45) is 7.74. The molecule has 0 spiro atoms. The average Bonchev–Trinajstić information content (AvgIpc) is 2.14. The number of hydrogen-bond acceptors (Lipinski definition) is 0. The van der Waals surface area contributed by atoms with Crippen LogP contribution in [0, 0.1) is 0 Å². The normalized spacial score (nSPS) is 15.4. The van der Waals surface area contributed by atoms with E-state index in [1.165, 1.54) is 6.42 Å². The largest absolute Gasteiger partial charge is 1.00 e. The minimum atomic E-state index is 0. The Kier molecular flexibility index (Phi) is 4.36. The van der Waals surface area contributed by atoms with Gasteiger partial charge in [-0.1, -0.05) is 30.0 Å². The molecule has 2 heteroatoms. The van der Waals surface area contributed by atoms with Crippen molar-refractivity contribution in [2.24, 2.45) is 0 Å². The van der Waals surface area contributed by atoms with Crippen molar-refractivity contribution >= 4 is 9.52 Å². The molecule has 1 aliphatic carbocycles.